The summed E-state index contributed by atoms with van der Waals surface area (Å²) in [6.07, 6.45) is 10.4. The molecule has 94 valence electrons. The van der Waals surface area contributed by atoms with Crippen LogP contribution in [0.3, 0.4) is 0 Å². The molecule has 1 saturated carbocycles. The molecule has 2 fully saturated rings. The summed E-state index contributed by atoms with van der Waals surface area (Å²) >= 11 is 0. The van der Waals surface area contributed by atoms with E-state index in [9.17, 15) is 0 Å². The van der Waals surface area contributed by atoms with Gasteiger partial charge in [-0.15, -0.1) is 0 Å². The van der Waals surface area contributed by atoms with Crippen molar-refractivity contribution in [1.29, 1.82) is 0 Å². The number of rotatable bonds is 4. The molecule has 0 spiro atoms. The van der Waals surface area contributed by atoms with Gasteiger partial charge in [0.1, 0.15) is 0 Å². The predicted molar refractivity (Wildman–Crippen MR) is 67.6 cm³/mol. The molecule has 2 aliphatic rings. The normalized spacial score (nSPS) is 36.8. The zero-order chi connectivity index (χ0) is 11.4. The molecule has 1 heterocycles. The van der Waals surface area contributed by atoms with Gasteiger partial charge >= 0.3 is 0 Å². The maximum absolute atomic E-state index is 5.82. The molecule has 2 atom stereocenters. The van der Waals surface area contributed by atoms with Gasteiger partial charge in [0.2, 0.25) is 0 Å². The summed E-state index contributed by atoms with van der Waals surface area (Å²) in [5.74, 6) is 0.964. The molecule has 0 aromatic heterocycles. The third-order valence-corrected chi connectivity index (χ3v) is 4.78. The zero-order valence-corrected chi connectivity index (χ0v) is 10.9. The molecule has 1 saturated heterocycles. The van der Waals surface area contributed by atoms with Gasteiger partial charge in [-0.2, -0.15) is 0 Å². The maximum atomic E-state index is 5.82. The van der Waals surface area contributed by atoms with E-state index in [-0.39, 0.29) is 0 Å². The quantitative estimate of drug-likeness (QED) is 0.794. The molecule has 0 aromatic carbocycles. The maximum Gasteiger partial charge on any atom is 0.0616 e. The summed E-state index contributed by atoms with van der Waals surface area (Å²) in [6, 6.07) is 0. The molecule has 2 rings (SSSR count). The summed E-state index contributed by atoms with van der Waals surface area (Å²) < 4.78 is 5.82. The van der Waals surface area contributed by atoms with Gasteiger partial charge in [-0.1, -0.05) is 32.1 Å². The van der Waals surface area contributed by atoms with Crippen LogP contribution >= 0.6 is 0 Å². The highest BCUT2D eigenvalue weighted by Crippen LogP contribution is 2.43. The lowest BCUT2D eigenvalue weighted by atomic mass is 9.71. The van der Waals surface area contributed by atoms with Crippen LogP contribution in [0, 0.1) is 11.3 Å². The van der Waals surface area contributed by atoms with E-state index in [1.165, 1.54) is 44.9 Å². The van der Waals surface area contributed by atoms with Gasteiger partial charge < -0.3 is 10.1 Å². The molecule has 0 radical (unpaired) electrons. The number of hydrogen-bond acceptors (Lipinski definition) is 2. The van der Waals surface area contributed by atoms with Crippen LogP contribution in [0.5, 0.6) is 0 Å². The minimum atomic E-state index is 0.427. The molecule has 1 aliphatic heterocycles. The van der Waals surface area contributed by atoms with E-state index in [0.29, 0.717) is 11.5 Å². The average Bonchev–Trinajstić information content (AvgIpc) is 2.62. The molecule has 1 aliphatic carbocycles. The SMILES string of the molecule is CNCC1(CC2CCCCC2)CCOC1C. The largest absolute Gasteiger partial charge is 0.378 e. The Morgan fingerprint density at radius 2 is 2.00 bits per heavy atom. The molecule has 0 bridgehead atoms. The van der Waals surface area contributed by atoms with Gasteiger partial charge in [0.05, 0.1) is 6.10 Å². The molecular formula is C14H27NO. The highest BCUT2D eigenvalue weighted by atomic mass is 16.5. The van der Waals surface area contributed by atoms with Crippen molar-refractivity contribution in [2.45, 2.75) is 58.0 Å². The second-order valence-electron chi connectivity index (χ2n) is 5.86. The first kappa shape index (κ1) is 12.4. The molecule has 16 heavy (non-hydrogen) atoms. The number of nitrogens with one attached hydrogen (secondary N) is 1. The van der Waals surface area contributed by atoms with Gasteiger partial charge in [-0.05, 0) is 32.7 Å². The van der Waals surface area contributed by atoms with Crippen LogP contribution in [-0.4, -0.2) is 26.3 Å². The highest BCUT2D eigenvalue weighted by Gasteiger charge is 2.42. The monoisotopic (exact) mass is 225 g/mol. The Kier molecular flexibility index (Phi) is 4.26. The fourth-order valence-electron chi connectivity index (χ4n) is 3.71. The molecule has 0 amide bonds. The Labute approximate surface area is 100 Å². The van der Waals surface area contributed by atoms with E-state index < -0.39 is 0 Å². The molecule has 2 heteroatoms. The van der Waals surface area contributed by atoms with E-state index in [2.05, 4.69) is 19.3 Å². The Balaban J connectivity index is 1.95. The third-order valence-electron chi connectivity index (χ3n) is 4.78. The van der Waals surface area contributed by atoms with Crippen molar-refractivity contribution in [2.24, 2.45) is 11.3 Å². The van der Waals surface area contributed by atoms with E-state index in [1.54, 1.807) is 0 Å². The first-order chi connectivity index (χ1) is 7.77. The molecule has 0 aromatic rings. The van der Waals surface area contributed by atoms with Crippen LogP contribution in [0.25, 0.3) is 0 Å². The lowest BCUT2D eigenvalue weighted by Crippen LogP contribution is -2.40. The van der Waals surface area contributed by atoms with E-state index >= 15 is 0 Å². The van der Waals surface area contributed by atoms with Gasteiger partial charge in [0, 0.05) is 18.6 Å². The standard InChI is InChI=1S/C14H27NO/c1-12-14(11-15-2,8-9-16-12)10-13-6-4-3-5-7-13/h12-13,15H,3-11H2,1-2H3. The highest BCUT2D eigenvalue weighted by molar-refractivity contribution is 4.93. The Morgan fingerprint density at radius 3 is 2.56 bits per heavy atom. The van der Waals surface area contributed by atoms with Crippen LogP contribution in [0.1, 0.15) is 51.9 Å². The number of hydrogen-bond donors (Lipinski definition) is 1. The summed E-state index contributed by atoms with van der Waals surface area (Å²) in [5.41, 5.74) is 0.427. The first-order valence-corrected chi connectivity index (χ1v) is 7.03. The zero-order valence-electron chi connectivity index (χ0n) is 10.9. The molecular weight excluding hydrogens is 198 g/mol. The van der Waals surface area contributed by atoms with Crippen molar-refractivity contribution < 1.29 is 4.74 Å². The molecule has 2 nitrogen and oxygen atoms in total. The molecule has 1 N–H and O–H groups in total. The van der Waals surface area contributed by atoms with Gasteiger partial charge in [-0.25, -0.2) is 0 Å². The van der Waals surface area contributed by atoms with Gasteiger partial charge in [0.25, 0.3) is 0 Å². The van der Waals surface area contributed by atoms with Gasteiger partial charge in [0.15, 0.2) is 0 Å². The van der Waals surface area contributed by atoms with Crippen LogP contribution < -0.4 is 5.32 Å². The Hall–Kier alpha value is -0.0800. The fourth-order valence-corrected chi connectivity index (χ4v) is 3.71. The lowest BCUT2D eigenvalue weighted by molar-refractivity contribution is 0.0461. The number of ether oxygens (including phenoxy) is 1. The average molecular weight is 225 g/mol. The van der Waals surface area contributed by atoms with Crippen molar-refractivity contribution >= 4 is 0 Å². The van der Waals surface area contributed by atoms with Crippen LogP contribution in [0.4, 0.5) is 0 Å². The summed E-state index contributed by atoms with van der Waals surface area (Å²) in [7, 11) is 2.08. The van der Waals surface area contributed by atoms with Crippen molar-refractivity contribution in [2.75, 3.05) is 20.2 Å². The van der Waals surface area contributed by atoms with Crippen molar-refractivity contribution in [3.05, 3.63) is 0 Å². The Morgan fingerprint density at radius 1 is 1.25 bits per heavy atom. The second kappa shape index (κ2) is 5.50. The van der Waals surface area contributed by atoms with Crippen LogP contribution in [0.2, 0.25) is 0 Å². The fraction of sp³-hybridized carbons (Fsp3) is 1.00. The van der Waals surface area contributed by atoms with Crippen LogP contribution in [-0.2, 0) is 4.74 Å². The lowest BCUT2D eigenvalue weighted by Gasteiger charge is -2.37. The summed E-state index contributed by atoms with van der Waals surface area (Å²) in [5, 5.41) is 3.39. The topological polar surface area (TPSA) is 21.3 Å². The third kappa shape index (κ3) is 2.60. The minimum absolute atomic E-state index is 0.427. The van der Waals surface area contributed by atoms with Crippen molar-refractivity contribution in [1.82, 2.24) is 5.32 Å². The first-order valence-electron chi connectivity index (χ1n) is 7.03. The van der Waals surface area contributed by atoms with Crippen LogP contribution in [0.15, 0.2) is 0 Å². The van der Waals surface area contributed by atoms with E-state index in [0.717, 1.165) is 19.1 Å². The molecule has 2 unspecified atom stereocenters. The van der Waals surface area contributed by atoms with Gasteiger partial charge in [-0.3, -0.25) is 0 Å². The predicted octanol–water partition coefficient (Wildman–Crippen LogP) is 2.97. The summed E-state index contributed by atoms with van der Waals surface area (Å²) in [6.45, 7) is 4.37. The second-order valence-corrected chi connectivity index (χ2v) is 5.86. The summed E-state index contributed by atoms with van der Waals surface area (Å²) in [4.78, 5) is 0. The van der Waals surface area contributed by atoms with E-state index in [1.807, 2.05) is 0 Å². The Bertz CT molecular complexity index is 213. The van der Waals surface area contributed by atoms with Crippen molar-refractivity contribution in [3.63, 3.8) is 0 Å². The van der Waals surface area contributed by atoms with Crippen molar-refractivity contribution in [3.8, 4) is 0 Å². The smallest absolute Gasteiger partial charge is 0.0616 e. The van der Waals surface area contributed by atoms with E-state index in [4.69, 9.17) is 4.74 Å². The minimum Gasteiger partial charge on any atom is -0.378 e.